The number of carbonyl (C=O) groups is 2. The molecule has 0 atom stereocenters. The van der Waals surface area contributed by atoms with Crippen molar-refractivity contribution in [1.82, 2.24) is 9.88 Å². The molecule has 0 saturated heterocycles. The van der Waals surface area contributed by atoms with Gasteiger partial charge in [-0.1, -0.05) is 60.2 Å². The number of nitrogens with one attached hydrogen (secondary N) is 1. The average Bonchev–Trinajstić information content (AvgIpc) is 2.99. The van der Waals surface area contributed by atoms with Crippen molar-refractivity contribution in [3.8, 4) is 11.3 Å². The minimum Gasteiger partial charge on any atom is -0.462 e. The van der Waals surface area contributed by atoms with Crippen molar-refractivity contribution in [2.75, 3.05) is 13.2 Å². The Bertz CT molecular complexity index is 1050. The third-order valence-corrected chi connectivity index (χ3v) is 5.45. The van der Waals surface area contributed by atoms with Gasteiger partial charge in [0.05, 0.1) is 17.9 Å². The van der Waals surface area contributed by atoms with Crippen LogP contribution in [0.15, 0.2) is 54.6 Å². The van der Waals surface area contributed by atoms with Crippen molar-refractivity contribution in [3.63, 3.8) is 0 Å². The third kappa shape index (κ3) is 5.23. The SMILES string of the molecule is CCOC(=O)c1c(C)c(-c2ccccc2)n(CC(=O)NCCc2ccc(C)cc2)c1C. The molecule has 0 radical (unpaired) electrons. The van der Waals surface area contributed by atoms with Crippen LogP contribution in [0, 0.1) is 20.8 Å². The first-order valence-electron chi connectivity index (χ1n) is 10.7. The molecule has 0 unspecified atom stereocenters. The van der Waals surface area contributed by atoms with Crippen LogP contribution in [0.5, 0.6) is 0 Å². The van der Waals surface area contributed by atoms with Gasteiger partial charge in [-0.05, 0) is 50.8 Å². The van der Waals surface area contributed by atoms with Crippen LogP contribution in [0.4, 0.5) is 0 Å². The Morgan fingerprint density at radius 2 is 1.65 bits per heavy atom. The van der Waals surface area contributed by atoms with Gasteiger partial charge in [0.2, 0.25) is 5.91 Å². The Balaban J connectivity index is 1.81. The van der Waals surface area contributed by atoms with Gasteiger partial charge in [-0.15, -0.1) is 0 Å². The van der Waals surface area contributed by atoms with E-state index >= 15 is 0 Å². The summed E-state index contributed by atoms with van der Waals surface area (Å²) in [6.45, 7) is 8.64. The number of esters is 1. The lowest BCUT2D eigenvalue weighted by molar-refractivity contribution is -0.121. The molecule has 0 spiro atoms. The zero-order chi connectivity index (χ0) is 22.4. The maximum absolute atomic E-state index is 12.8. The highest BCUT2D eigenvalue weighted by molar-refractivity contribution is 5.95. The number of aryl methyl sites for hydroxylation is 1. The van der Waals surface area contributed by atoms with Gasteiger partial charge in [-0.3, -0.25) is 4.79 Å². The van der Waals surface area contributed by atoms with Crippen molar-refractivity contribution < 1.29 is 14.3 Å². The topological polar surface area (TPSA) is 60.3 Å². The molecular weight excluding hydrogens is 388 g/mol. The van der Waals surface area contributed by atoms with Crippen molar-refractivity contribution in [1.29, 1.82) is 0 Å². The average molecular weight is 419 g/mol. The number of carbonyl (C=O) groups excluding carboxylic acids is 2. The molecule has 162 valence electrons. The fourth-order valence-electron chi connectivity index (χ4n) is 3.87. The predicted molar refractivity (Wildman–Crippen MR) is 123 cm³/mol. The quantitative estimate of drug-likeness (QED) is 0.543. The van der Waals surface area contributed by atoms with E-state index in [1.54, 1.807) is 6.92 Å². The Hall–Kier alpha value is -3.34. The summed E-state index contributed by atoms with van der Waals surface area (Å²) in [5, 5.41) is 3.01. The number of amides is 1. The van der Waals surface area contributed by atoms with E-state index in [0.717, 1.165) is 28.9 Å². The molecule has 5 nitrogen and oxygen atoms in total. The number of hydrogen-bond donors (Lipinski definition) is 1. The van der Waals surface area contributed by atoms with Gasteiger partial charge in [-0.25, -0.2) is 4.79 Å². The Kier molecular flexibility index (Phi) is 7.29. The standard InChI is InChI=1S/C26H30N2O3/c1-5-31-26(30)24-19(3)25(22-9-7-6-8-10-22)28(20(24)4)17-23(29)27-16-15-21-13-11-18(2)12-14-21/h6-14H,5,15-17H2,1-4H3,(H,27,29). The van der Waals surface area contributed by atoms with Crippen LogP contribution < -0.4 is 5.32 Å². The number of hydrogen-bond acceptors (Lipinski definition) is 3. The first kappa shape index (κ1) is 22.3. The zero-order valence-corrected chi connectivity index (χ0v) is 18.7. The molecule has 1 amide bonds. The third-order valence-electron chi connectivity index (χ3n) is 5.45. The van der Waals surface area contributed by atoms with Gasteiger partial charge >= 0.3 is 5.97 Å². The lowest BCUT2D eigenvalue weighted by Gasteiger charge is -2.13. The summed E-state index contributed by atoms with van der Waals surface area (Å²) in [6.07, 6.45) is 0.773. The fraction of sp³-hybridized carbons (Fsp3) is 0.308. The van der Waals surface area contributed by atoms with Crippen molar-refractivity contribution in [3.05, 3.63) is 82.5 Å². The van der Waals surface area contributed by atoms with Crippen LogP contribution in [0.1, 0.15) is 39.7 Å². The maximum Gasteiger partial charge on any atom is 0.340 e. The largest absolute Gasteiger partial charge is 0.462 e. The lowest BCUT2D eigenvalue weighted by Crippen LogP contribution is -2.30. The number of benzene rings is 2. The van der Waals surface area contributed by atoms with E-state index in [2.05, 4.69) is 36.5 Å². The molecule has 0 aliphatic rings. The van der Waals surface area contributed by atoms with E-state index in [0.29, 0.717) is 18.7 Å². The summed E-state index contributed by atoms with van der Waals surface area (Å²) < 4.78 is 7.18. The molecule has 0 aliphatic heterocycles. The summed E-state index contributed by atoms with van der Waals surface area (Å²) in [7, 11) is 0. The second-order valence-electron chi connectivity index (χ2n) is 7.69. The second kappa shape index (κ2) is 10.1. The van der Waals surface area contributed by atoms with Gasteiger partial charge < -0.3 is 14.6 Å². The highest BCUT2D eigenvalue weighted by Gasteiger charge is 2.25. The molecule has 2 aromatic carbocycles. The Morgan fingerprint density at radius 3 is 2.29 bits per heavy atom. The summed E-state index contributed by atoms with van der Waals surface area (Å²) in [5.41, 5.74) is 6.35. The smallest absolute Gasteiger partial charge is 0.340 e. The summed E-state index contributed by atoms with van der Waals surface area (Å²) in [5.74, 6) is -0.439. The molecule has 31 heavy (non-hydrogen) atoms. The summed E-state index contributed by atoms with van der Waals surface area (Å²) in [4.78, 5) is 25.3. The normalized spacial score (nSPS) is 10.7. The molecule has 0 fully saturated rings. The molecule has 0 saturated carbocycles. The second-order valence-corrected chi connectivity index (χ2v) is 7.69. The van der Waals surface area contributed by atoms with E-state index < -0.39 is 0 Å². The highest BCUT2D eigenvalue weighted by Crippen LogP contribution is 2.31. The molecule has 1 aromatic heterocycles. The van der Waals surface area contributed by atoms with Crippen molar-refractivity contribution in [2.45, 2.75) is 40.7 Å². The predicted octanol–water partition coefficient (Wildman–Crippen LogP) is 4.62. The van der Waals surface area contributed by atoms with Gasteiger partial charge in [0.25, 0.3) is 0 Å². The molecule has 5 heteroatoms. The first-order valence-corrected chi connectivity index (χ1v) is 10.7. The van der Waals surface area contributed by atoms with E-state index in [9.17, 15) is 9.59 Å². The Labute approximate surface area is 184 Å². The first-order chi connectivity index (χ1) is 14.9. The van der Waals surface area contributed by atoms with Gasteiger partial charge in [0.1, 0.15) is 6.54 Å². The molecule has 1 heterocycles. The van der Waals surface area contributed by atoms with E-state index in [1.165, 1.54) is 11.1 Å². The zero-order valence-electron chi connectivity index (χ0n) is 18.7. The summed E-state index contributed by atoms with van der Waals surface area (Å²) in [6, 6.07) is 18.1. The van der Waals surface area contributed by atoms with Gasteiger partial charge in [0.15, 0.2) is 0 Å². The van der Waals surface area contributed by atoms with Crippen LogP contribution in [0.2, 0.25) is 0 Å². The highest BCUT2D eigenvalue weighted by atomic mass is 16.5. The molecular formula is C26H30N2O3. The van der Waals surface area contributed by atoms with Crippen LogP contribution in [-0.2, 0) is 22.5 Å². The summed E-state index contributed by atoms with van der Waals surface area (Å²) >= 11 is 0. The Morgan fingerprint density at radius 1 is 0.968 bits per heavy atom. The van der Waals surface area contributed by atoms with Crippen LogP contribution >= 0.6 is 0 Å². The number of ether oxygens (including phenoxy) is 1. The number of nitrogens with zero attached hydrogens (tertiary/aromatic N) is 1. The number of rotatable bonds is 8. The lowest BCUT2D eigenvalue weighted by atomic mass is 10.1. The monoisotopic (exact) mass is 418 g/mol. The minimum absolute atomic E-state index is 0.0854. The molecule has 1 N–H and O–H groups in total. The van der Waals surface area contributed by atoms with E-state index in [1.807, 2.05) is 48.7 Å². The molecule has 0 aliphatic carbocycles. The van der Waals surface area contributed by atoms with Crippen molar-refractivity contribution >= 4 is 11.9 Å². The minimum atomic E-state index is -0.354. The van der Waals surface area contributed by atoms with E-state index in [4.69, 9.17) is 4.74 Å². The van der Waals surface area contributed by atoms with Crippen LogP contribution in [0.3, 0.4) is 0 Å². The van der Waals surface area contributed by atoms with E-state index in [-0.39, 0.29) is 18.4 Å². The molecule has 3 rings (SSSR count). The fourth-order valence-corrected chi connectivity index (χ4v) is 3.87. The van der Waals surface area contributed by atoms with Crippen molar-refractivity contribution in [2.24, 2.45) is 0 Å². The van der Waals surface area contributed by atoms with Gasteiger partial charge in [-0.2, -0.15) is 0 Å². The van der Waals surface area contributed by atoms with Crippen LogP contribution in [0.25, 0.3) is 11.3 Å². The molecule has 3 aromatic rings. The number of aromatic nitrogens is 1. The molecule has 0 bridgehead atoms. The maximum atomic E-state index is 12.8. The van der Waals surface area contributed by atoms with Gasteiger partial charge in [0, 0.05) is 12.2 Å². The van der Waals surface area contributed by atoms with Crippen LogP contribution in [-0.4, -0.2) is 29.6 Å².